The van der Waals surface area contributed by atoms with Crippen LogP contribution in [-0.2, 0) is 4.74 Å². The molecule has 0 atom stereocenters. The summed E-state index contributed by atoms with van der Waals surface area (Å²) in [6.45, 7) is 6.38. The topological polar surface area (TPSA) is 75.9 Å². The van der Waals surface area contributed by atoms with Crippen molar-refractivity contribution in [2.24, 2.45) is 0 Å². The summed E-state index contributed by atoms with van der Waals surface area (Å²) in [6.07, 6.45) is 1.22. The lowest BCUT2D eigenvalue weighted by Gasteiger charge is -2.34. The third kappa shape index (κ3) is 5.61. The number of ether oxygens (including phenoxy) is 1. The second-order valence-electron chi connectivity index (χ2n) is 9.32. The molecular formula is C22H31F2N3O3. The summed E-state index contributed by atoms with van der Waals surface area (Å²) in [5, 5.41) is 0. The highest BCUT2D eigenvalue weighted by molar-refractivity contribution is 5.95. The van der Waals surface area contributed by atoms with Crippen molar-refractivity contribution in [3.63, 3.8) is 0 Å². The van der Waals surface area contributed by atoms with E-state index in [4.69, 9.17) is 10.5 Å². The van der Waals surface area contributed by atoms with E-state index in [-0.39, 0.29) is 24.9 Å². The van der Waals surface area contributed by atoms with Gasteiger partial charge in [-0.1, -0.05) is 0 Å². The van der Waals surface area contributed by atoms with Crippen molar-refractivity contribution in [2.45, 2.75) is 63.9 Å². The second kappa shape index (κ2) is 8.40. The SMILES string of the molecule is CC(C)(C)OC(=O)N1CCC(c2cc(N)cc(C(=O)N3CCCC(F)(F)C3)c2)CC1. The van der Waals surface area contributed by atoms with E-state index in [9.17, 15) is 18.4 Å². The van der Waals surface area contributed by atoms with Gasteiger partial charge in [-0.2, -0.15) is 0 Å². The minimum atomic E-state index is -2.84. The number of likely N-dealkylation sites (tertiary alicyclic amines) is 2. The Kier molecular flexibility index (Phi) is 6.24. The highest BCUT2D eigenvalue weighted by atomic mass is 19.3. The van der Waals surface area contributed by atoms with Crippen molar-refractivity contribution < 1.29 is 23.1 Å². The molecule has 30 heavy (non-hydrogen) atoms. The van der Waals surface area contributed by atoms with Gasteiger partial charge in [-0.05, 0) is 69.7 Å². The van der Waals surface area contributed by atoms with E-state index in [1.165, 1.54) is 4.90 Å². The van der Waals surface area contributed by atoms with Crippen molar-refractivity contribution in [3.8, 4) is 0 Å². The maximum absolute atomic E-state index is 13.7. The zero-order valence-electron chi connectivity index (χ0n) is 17.9. The lowest BCUT2D eigenvalue weighted by molar-refractivity contribution is -0.0560. The Labute approximate surface area is 176 Å². The number of rotatable bonds is 2. The number of nitrogen functional groups attached to an aromatic ring is 1. The molecule has 6 nitrogen and oxygen atoms in total. The summed E-state index contributed by atoms with van der Waals surface area (Å²) in [7, 11) is 0. The lowest BCUT2D eigenvalue weighted by atomic mass is 9.88. The molecule has 0 aromatic heterocycles. The van der Waals surface area contributed by atoms with E-state index in [0.29, 0.717) is 30.9 Å². The normalized spacial score (nSPS) is 20.2. The lowest BCUT2D eigenvalue weighted by Crippen LogP contribution is -2.45. The van der Waals surface area contributed by atoms with Gasteiger partial charge in [-0.25, -0.2) is 13.6 Å². The number of halogens is 2. The van der Waals surface area contributed by atoms with Crippen LogP contribution in [0.5, 0.6) is 0 Å². The number of nitrogens with two attached hydrogens (primary N) is 1. The molecule has 8 heteroatoms. The number of nitrogens with zero attached hydrogens (tertiary/aromatic N) is 2. The van der Waals surface area contributed by atoms with E-state index >= 15 is 0 Å². The highest BCUT2D eigenvalue weighted by Crippen LogP contribution is 2.32. The van der Waals surface area contributed by atoms with Gasteiger partial charge >= 0.3 is 6.09 Å². The zero-order valence-corrected chi connectivity index (χ0v) is 17.9. The quantitative estimate of drug-likeness (QED) is 0.722. The molecule has 1 aromatic carbocycles. The van der Waals surface area contributed by atoms with Crippen LogP contribution in [0.4, 0.5) is 19.3 Å². The molecule has 2 aliphatic heterocycles. The third-order valence-electron chi connectivity index (χ3n) is 5.52. The van der Waals surface area contributed by atoms with Crippen LogP contribution in [0.25, 0.3) is 0 Å². The monoisotopic (exact) mass is 423 g/mol. The number of piperidine rings is 2. The number of hydrogen-bond donors (Lipinski definition) is 1. The van der Waals surface area contributed by atoms with Crippen molar-refractivity contribution in [2.75, 3.05) is 31.9 Å². The largest absolute Gasteiger partial charge is 0.444 e. The molecule has 0 bridgehead atoms. The number of benzene rings is 1. The molecule has 2 saturated heterocycles. The van der Waals surface area contributed by atoms with E-state index in [1.54, 1.807) is 17.0 Å². The average molecular weight is 424 g/mol. The first kappa shape index (κ1) is 22.3. The number of carbonyl (C=O) groups is 2. The number of anilines is 1. The molecule has 1 aromatic rings. The molecule has 0 radical (unpaired) electrons. The van der Waals surface area contributed by atoms with Crippen LogP contribution in [0.15, 0.2) is 18.2 Å². The molecule has 2 aliphatic rings. The Hall–Kier alpha value is -2.38. The Morgan fingerprint density at radius 3 is 2.37 bits per heavy atom. The Morgan fingerprint density at radius 2 is 1.77 bits per heavy atom. The molecule has 2 fully saturated rings. The van der Waals surface area contributed by atoms with Crippen LogP contribution < -0.4 is 5.73 Å². The van der Waals surface area contributed by atoms with Gasteiger partial charge in [0.2, 0.25) is 0 Å². The first-order chi connectivity index (χ1) is 13.9. The van der Waals surface area contributed by atoms with Gasteiger partial charge in [-0.3, -0.25) is 4.79 Å². The van der Waals surface area contributed by atoms with Crippen LogP contribution in [0.2, 0.25) is 0 Å². The second-order valence-corrected chi connectivity index (χ2v) is 9.32. The summed E-state index contributed by atoms with van der Waals surface area (Å²) in [6, 6.07) is 5.14. The molecule has 3 rings (SSSR count). The van der Waals surface area contributed by atoms with E-state index in [0.717, 1.165) is 18.4 Å². The van der Waals surface area contributed by atoms with Crippen molar-refractivity contribution in [1.29, 1.82) is 0 Å². The van der Waals surface area contributed by atoms with Gasteiger partial charge in [0.25, 0.3) is 11.8 Å². The molecule has 2 N–H and O–H groups in total. The average Bonchev–Trinajstić information content (AvgIpc) is 2.65. The molecular weight excluding hydrogens is 392 g/mol. The first-order valence-electron chi connectivity index (χ1n) is 10.5. The molecule has 0 saturated carbocycles. The van der Waals surface area contributed by atoms with Gasteiger partial charge in [0.1, 0.15) is 5.60 Å². The Balaban J connectivity index is 1.67. The summed E-state index contributed by atoms with van der Waals surface area (Å²) in [5.74, 6) is -3.11. The van der Waals surface area contributed by atoms with E-state index < -0.39 is 24.0 Å². The minimum Gasteiger partial charge on any atom is -0.444 e. The smallest absolute Gasteiger partial charge is 0.410 e. The minimum absolute atomic E-state index is 0.140. The van der Waals surface area contributed by atoms with Gasteiger partial charge in [0.15, 0.2) is 0 Å². The van der Waals surface area contributed by atoms with Crippen LogP contribution in [0.1, 0.15) is 68.3 Å². The third-order valence-corrected chi connectivity index (χ3v) is 5.52. The standard InChI is InChI=1S/C22H31F2N3O3/c1-21(2,3)30-20(29)26-9-5-15(6-10-26)16-11-17(13-18(25)12-16)19(28)27-8-4-7-22(23,24)14-27/h11-13,15H,4-10,14,25H2,1-3H3. The molecule has 2 amide bonds. The molecule has 2 heterocycles. The van der Waals surface area contributed by atoms with E-state index in [2.05, 4.69) is 0 Å². The summed E-state index contributed by atoms with van der Waals surface area (Å²) < 4.78 is 32.9. The van der Waals surface area contributed by atoms with Crippen LogP contribution >= 0.6 is 0 Å². The van der Waals surface area contributed by atoms with Gasteiger partial charge in [0.05, 0.1) is 6.54 Å². The van der Waals surface area contributed by atoms with Crippen LogP contribution in [-0.4, -0.2) is 59.5 Å². The van der Waals surface area contributed by atoms with Gasteiger partial charge < -0.3 is 20.3 Å². The molecule has 0 aliphatic carbocycles. The Bertz CT molecular complexity index is 799. The fraction of sp³-hybridized carbons (Fsp3) is 0.636. The van der Waals surface area contributed by atoms with Gasteiger partial charge in [-0.15, -0.1) is 0 Å². The predicted octanol–water partition coefficient (Wildman–Crippen LogP) is 4.25. The number of alkyl halides is 2. The number of carbonyl (C=O) groups excluding carboxylic acids is 2. The molecule has 0 spiro atoms. The van der Waals surface area contributed by atoms with Crippen molar-refractivity contribution >= 4 is 17.7 Å². The fourth-order valence-electron chi connectivity index (χ4n) is 4.08. The Morgan fingerprint density at radius 1 is 1.10 bits per heavy atom. The zero-order chi connectivity index (χ0) is 22.1. The summed E-state index contributed by atoms with van der Waals surface area (Å²) in [5.41, 5.74) is 7.18. The van der Waals surface area contributed by atoms with Crippen LogP contribution in [0, 0.1) is 0 Å². The number of amides is 2. The maximum atomic E-state index is 13.7. The predicted molar refractivity (Wildman–Crippen MR) is 111 cm³/mol. The van der Waals surface area contributed by atoms with Crippen molar-refractivity contribution in [1.82, 2.24) is 9.80 Å². The number of hydrogen-bond acceptors (Lipinski definition) is 4. The van der Waals surface area contributed by atoms with E-state index in [1.807, 2.05) is 26.8 Å². The fourth-order valence-corrected chi connectivity index (χ4v) is 4.08. The highest BCUT2D eigenvalue weighted by Gasteiger charge is 2.37. The molecule has 0 unspecified atom stereocenters. The van der Waals surface area contributed by atoms with Gasteiger partial charge in [0, 0.05) is 37.3 Å². The first-order valence-corrected chi connectivity index (χ1v) is 10.5. The molecule has 166 valence electrons. The maximum Gasteiger partial charge on any atom is 0.410 e. The van der Waals surface area contributed by atoms with Crippen LogP contribution in [0.3, 0.4) is 0 Å². The van der Waals surface area contributed by atoms with Crippen molar-refractivity contribution in [3.05, 3.63) is 29.3 Å². The summed E-state index contributed by atoms with van der Waals surface area (Å²) >= 11 is 0. The summed E-state index contributed by atoms with van der Waals surface area (Å²) in [4.78, 5) is 28.0.